The molecule has 25 heavy (non-hydrogen) atoms. The number of fused-ring (bicyclic) bond motifs is 1. The number of nitrogens with zero attached hydrogens (tertiary/aromatic N) is 1. The van der Waals surface area contributed by atoms with Crippen LogP contribution in [0.15, 0.2) is 58.2 Å². The van der Waals surface area contributed by atoms with Crippen LogP contribution in [0.1, 0.15) is 12.0 Å². The molecule has 6 heteroatoms. The maximum absolute atomic E-state index is 12.0. The van der Waals surface area contributed by atoms with E-state index in [1.54, 1.807) is 4.57 Å². The Kier molecular flexibility index (Phi) is 5.60. The maximum Gasteiger partial charge on any atom is 0.326 e. The Bertz CT molecular complexity index is 930. The number of nitrogens with one attached hydrogen (secondary N) is 1. The van der Waals surface area contributed by atoms with Gasteiger partial charge in [0.25, 0.3) is 0 Å². The highest BCUT2D eigenvalue weighted by molar-refractivity contribution is 8.00. The summed E-state index contributed by atoms with van der Waals surface area (Å²) in [5.41, 5.74) is 2.70. The van der Waals surface area contributed by atoms with E-state index in [1.165, 1.54) is 11.8 Å². The minimum Gasteiger partial charge on any atom is -0.465 e. The van der Waals surface area contributed by atoms with Gasteiger partial charge in [0.2, 0.25) is 0 Å². The van der Waals surface area contributed by atoms with Crippen molar-refractivity contribution >= 4 is 28.8 Å². The van der Waals surface area contributed by atoms with Gasteiger partial charge in [-0.1, -0.05) is 30.3 Å². The Morgan fingerprint density at radius 3 is 2.76 bits per heavy atom. The average Bonchev–Trinajstić information content (AvgIpc) is 2.93. The quantitative estimate of drug-likeness (QED) is 0.400. The summed E-state index contributed by atoms with van der Waals surface area (Å²) in [5.74, 6) is 0.0530. The fourth-order valence-electron chi connectivity index (χ4n) is 2.63. The Hall–Kier alpha value is -2.47. The number of hydrogen-bond donors (Lipinski definition) is 1. The number of ether oxygens (including phenoxy) is 1. The van der Waals surface area contributed by atoms with Crippen molar-refractivity contribution in [2.75, 3.05) is 12.4 Å². The highest BCUT2D eigenvalue weighted by Crippen LogP contribution is 2.21. The van der Waals surface area contributed by atoms with Crippen LogP contribution in [0.3, 0.4) is 0 Å². The monoisotopic (exact) mass is 356 g/mol. The van der Waals surface area contributed by atoms with Gasteiger partial charge in [-0.05, 0) is 37.1 Å². The first kappa shape index (κ1) is 17.4. The molecule has 3 aromatic rings. The second kappa shape index (κ2) is 8.07. The number of para-hydroxylation sites is 2. The van der Waals surface area contributed by atoms with E-state index in [9.17, 15) is 9.59 Å². The van der Waals surface area contributed by atoms with Crippen molar-refractivity contribution < 1.29 is 9.53 Å². The number of benzene rings is 2. The third kappa shape index (κ3) is 4.33. The number of carbonyl (C=O) groups is 1. The Balaban J connectivity index is 1.45. The van der Waals surface area contributed by atoms with Crippen LogP contribution in [-0.2, 0) is 16.1 Å². The number of carbonyl (C=O) groups excluding carboxylic acids is 1. The molecule has 0 saturated carbocycles. The molecular weight excluding hydrogens is 336 g/mol. The molecule has 130 valence electrons. The molecule has 3 rings (SSSR count). The highest BCUT2D eigenvalue weighted by atomic mass is 32.2. The Morgan fingerprint density at radius 1 is 1.16 bits per heavy atom. The molecule has 0 aliphatic carbocycles. The van der Waals surface area contributed by atoms with Crippen molar-refractivity contribution in [1.29, 1.82) is 0 Å². The fraction of sp³-hybridized carbons (Fsp3) is 0.263. The summed E-state index contributed by atoms with van der Waals surface area (Å²) in [4.78, 5) is 27.7. The van der Waals surface area contributed by atoms with Gasteiger partial charge < -0.3 is 9.72 Å². The Labute approximate surface area is 150 Å². The van der Waals surface area contributed by atoms with Crippen molar-refractivity contribution in [2.45, 2.75) is 24.8 Å². The lowest BCUT2D eigenvalue weighted by Crippen LogP contribution is -2.18. The molecule has 1 N–H and O–H groups in total. The number of H-pyrrole nitrogens is 1. The highest BCUT2D eigenvalue weighted by Gasteiger charge is 2.08. The smallest absolute Gasteiger partial charge is 0.326 e. The van der Waals surface area contributed by atoms with E-state index in [-0.39, 0.29) is 17.4 Å². The molecule has 0 aliphatic rings. The molecule has 0 aliphatic heterocycles. The van der Waals surface area contributed by atoms with Crippen molar-refractivity contribution in [2.24, 2.45) is 0 Å². The number of esters is 1. The number of aromatic amines is 1. The van der Waals surface area contributed by atoms with Gasteiger partial charge in [-0.25, -0.2) is 4.79 Å². The zero-order chi connectivity index (χ0) is 17.6. The average molecular weight is 356 g/mol. The van der Waals surface area contributed by atoms with E-state index < -0.39 is 0 Å². The van der Waals surface area contributed by atoms with Gasteiger partial charge in [-0.15, -0.1) is 11.8 Å². The SMILES string of the molecule is Cc1ccccc1SCC(=O)OCCCn1c(=O)[nH]c2ccccc21. The van der Waals surface area contributed by atoms with Crippen molar-refractivity contribution in [3.8, 4) is 0 Å². The number of aryl methyl sites for hydroxylation is 2. The van der Waals surface area contributed by atoms with Crippen LogP contribution in [-0.4, -0.2) is 27.9 Å². The van der Waals surface area contributed by atoms with Crippen LogP contribution in [0.4, 0.5) is 0 Å². The number of hydrogen-bond acceptors (Lipinski definition) is 4. The van der Waals surface area contributed by atoms with E-state index >= 15 is 0 Å². The summed E-state index contributed by atoms with van der Waals surface area (Å²) >= 11 is 1.48. The second-order valence-corrected chi connectivity index (χ2v) is 6.74. The molecule has 5 nitrogen and oxygen atoms in total. The number of imidazole rings is 1. The molecule has 0 bridgehead atoms. The van der Waals surface area contributed by atoms with Gasteiger partial charge in [0.1, 0.15) is 0 Å². The summed E-state index contributed by atoms with van der Waals surface area (Å²) in [6.07, 6.45) is 0.600. The summed E-state index contributed by atoms with van der Waals surface area (Å²) < 4.78 is 6.94. The normalized spacial score (nSPS) is 10.9. The number of rotatable bonds is 7. The molecule has 0 amide bonds. The van der Waals surface area contributed by atoms with Crippen LogP contribution in [0.5, 0.6) is 0 Å². The van der Waals surface area contributed by atoms with Crippen molar-refractivity contribution in [3.05, 3.63) is 64.6 Å². The van der Waals surface area contributed by atoms with E-state index in [2.05, 4.69) is 4.98 Å². The molecule has 1 aromatic heterocycles. The molecule has 2 aromatic carbocycles. The van der Waals surface area contributed by atoms with E-state index in [0.717, 1.165) is 21.5 Å². The lowest BCUT2D eigenvalue weighted by Gasteiger charge is -2.07. The van der Waals surface area contributed by atoms with Crippen LogP contribution >= 0.6 is 11.8 Å². The van der Waals surface area contributed by atoms with Crippen molar-refractivity contribution in [1.82, 2.24) is 9.55 Å². The first-order valence-corrected chi connectivity index (χ1v) is 9.15. The first-order chi connectivity index (χ1) is 12.1. The number of aromatic nitrogens is 2. The topological polar surface area (TPSA) is 64.1 Å². The fourth-order valence-corrected chi connectivity index (χ4v) is 3.46. The summed E-state index contributed by atoms with van der Waals surface area (Å²) in [5, 5.41) is 0. The molecule has 0 atom stereocenters. The van der Waals surface area contributed by atoms with E-state index in [0.29, 0.717) is 19.6 Å². The maximum atomic E-state index is 12.0. The predicted molar refractivity (Wildman–Crippen MR) is 100 cm³/mol. The zero-order valence-corrected chi connectivity index (χ0v) is 14.8. The third-order valence-corrected chi connectivity index (χ3v) is 5.06. The molecule has 0 unspecified atom stereocenters. The lowest BCUT2D eigenvalue weighted by molar-refractivity contribution is -0.140. The van der Waals surface area contributed by atoms with Gasteiger partial charge >= 0.3 is 11.7 Å². The van der Waals surface area contributed by atoms with Gasteiger partial charge in [0, 0.05) is 11.4 Å². The molecule has 1 heterocycles. The largest absolute Gasteiger partial charge is 0.465 e. The van der Waals surface area contributed by atoms with Gasteiger partial charge in [-0.3, -0.25) is 9.36 Å². The van der Waals surface area contributed by atoms with Crippen molar-refractivity contribution in [3.63, 3.8) is 0 Å². The van der Waals surface area contributed by atoms with Gasteiger partial charge in [0.15, 0.2) is 0 Å². The minimum absolute atomic E-state index is 0.136. The van der Waals surface area contributed by atoms with Gasteiger partial charge in [-0.2, -0.15) is 0 Å². The molecule has 0 radical (unpaired) electrons. The summed E-state index contributed by atoms with van der Waals surface area (Å²) in [6.45, 7) is 2.84. The van der Waals surface area contributed by atoms with Gasteiger partial charge in [0.05, 0.1) is 23.4 Å². The second-order valence-electron chi connectivity index (χ2n) is 5.73. The molecular formula is C19H20N2O3S. The Morgan fingerprint density at radius 2 is 1.92 bits per heavy atom. The summed E-state index contributed by atoms with van der Waals surface area (Å²) in [6, 6.07) is 15.5. The molecule has 0 fully saturated rings. The molecule has 0 spiro atoms. The van der Waals surface area contributed by atoms with E-state index in [4.69, 9.17) is 4.74 Å². The predicted octanol–water partition coefficient (Wildman–Crippen LogP) is 3.36. The third-order valence-electron chi connectivity index (χ3n) is 3.91. The zero-order valence-electron chi connectivity index (χ0n) is 14.0. The summed E-state index contributed by atoms with van der Waals surface area (Å²) in [7, 11) is 0. The van der Waals surface area contributed by atoms with E-state index in [1.807, 2.05) is 55.5 Å². The minimum atomic E-state index is -0.237. The first-order valence-electron chi connectivity index (χ1n) is 8.17. The molecule has 0 saturated heterocycles. The van der Waals surface area contributed by atoms with Crippen LogP contribution in [0, 0.1) is 6.92 Å². The van der Waals surface area contributed by atoms with Crippen LogP contribution < -0.4 is 5.69 Å². The number of thioether (sulfide) groups is 1. The van der Waals surface area contributed by atoms with Crippen LogP contribution in [0.2, 0.25) is 0 Å². The lowest BCUT2D eigenvalue weighted by atomic mass is 10.2. The van der Waals surface area contributed by atoms with Crippen LogP contribution in [0.25, 0.3) is 11.0 Å². The standard InChI is InChI=1S/C19H20N2O3S/c1-14-7-2-5-10-17(14)25-13-18(22)24-12-6-11-21-16-9-4-3-8-15(16)20-19(21)23/h2-5,7-10H,6,11-13H2,1H3,(H,20,23).